The summed E-state index contributed by atoms with van der Waals surface area (Å²) in [6, 6.07) is 1.54. The zero-order chi connectivity index (χ0) is 11.6. The van der Waals surface area contributed by atoms with E-state index in [1.165, 1.54) is 0 Å². The third-order valence-electron chi connectivity index (χ3n) is 2.28. The van der Waals surface area contributed by atoms with Gasteiger partial charge in [0.2, 0.25) is 0 Å². The smallest absolute Gasteiger partial charge is 0.138 e. The molecule has 0 heterocycles. The number of rotatable bonds is 3. The highest BCUT2D eigenvalue weighted by Crippen LogP contribution is 2.40. The average molecular weight is 292 g/mol. The molecular weight excluding hydrogens is 279 g/mol. The molecule has 5 heteroatoms. The summed E-state index contributed by atoms with van der Waals surface area (Å²) >= 11 is 9.49. The number of halogens is 2. The molecule has 0 aliphatic heterocycles. The molecule has 0 spiro atoms. The summed E-state index contributed by atoms with van der Waals surface area (Å²) in [7, 11) is 1.59. The highest BCUT2D eigenvalue weighted by Gasteiger charge is 2.17. The zero-order valence-electron chi connectivity index (χ0n) is 8.77. The maximum atomic E-state index is 7.02. The van der Waals surface area contributed by atoms with Gasteiger partial charge in [-0.2, -0.15) is 5.11 Å². The number of methoxy groups -OCH3 is 1. The van der Waals surface area contributed by atoms with E-state index in [1.807, 2.05) is 13.8 Å². The average Bonchev–Trinajstić information content (AvgIpc) is 2.24. The summed E-state index contributed by atoms with van der Waals surface area (Å²) in [5.74, 6) is 0.695. The fourth-order valence-corrected chi connectivity index (χ4v) is 2.23. The van der Waals surface area contributed by atoms with Gasteiger partial charge < -0.3 is 4.74 Å². The fraction of sp³-hybridized carbons (Fsp3) is 0.400. The third-order valence-corrected chi connectivity index (χ3v) is 3.63. The number of ether oxygens (including phenoxy) is 1. The molecule has 0 bridgehead atoms. The van der Waals surface area contributed by atoms with E-state index >= 15 is 0 Å². The Morgan fingerprint density at radius 1 is 1.60 bits per heavy atom. The molecule has 0 saturated heterocycles. The minimum Gasteiger partial charge on any atom is -0.495 e. The van der Waals surface area contributed by atoms with Crippen molar-refractivity contribution in [2.75, 3.05) is 7.11 Å². The maximum absolute atomic E-state index is 7.02. The second-order valence-electron chi connectivity index (χ2n) is 3.22. The van der Waals surface area contributed by atoms with Crippen LogP contribution in [0, 0.1) is 12.5 Å². The molecule has 0 aliphatic carbocycles. The molecule has 1 rings (SSSR count). The number of nitrogens with one attached hydrogen (secondary N) is 1. The van der Waals surface area contributed by atoms with Crippen LogP contribution in [-0.2, 0) is 0 Å². The van der Waals surface area contributed by atoms with Crippen LogP contribution in [0.15, 0.2) is 15.7 Å². The van der Waals surface area contributed by atoms with Gasteiger partial charge >= 0.3 is 0 Å². The molecule has 1 aromatic carbocycles. The zero-order valence-corrected chi connectivity index (χ0v) is 11.1. The highest BCUT2D eigenvalue weighted by molar-refractivity contribution is 9.10. The second-order valence-corrected chi connectivity index (χ2v) is 4.43. The molecule has 3 nitrogen and oxygen atoms in total. The van der Waals surface area contributed by atoms with Gasteiger partial charge in [0.15, 0.2) is 0 Å². The first-order chi connectivity index (χ1) is 7.02. The van der Waals surface area contributed by atoms with Crippen molar-refractivity contribution >= 4 is 27.5 Å². The first-order valence-electron chi connectivity index (χ1n) is 4.42. The van der Waals surface area contributed by atoms with Crippen LogP contribution in [0.4, 0.5) is 0 Å². The Morgan fingerprint density at radius 2 is 2.20 bits per heavy atom. The minimum absolute atomic E-state index is 0.255. The Hall–Kier alpha value is -0.610. The summed E-state index contributed by atoms with van der Waals surface area (Å²) in [6.07, 6.45) is 0. The van der Waals surface area contributed by atoms with Crippen LogP contribution < -0.4 is 4.74 Å². The Kier molecular flexibility index (Phi) is 4.11. The van der Waals surface area contributed by atoms with E-state index in [0.717, 1.165) is 15.6 Å². The lowest BCUT2D eigenvalue weighted by atomic mass is 10.1. The Bertz CT molecular complexity index is 395. The van der Waals surface area contributed by atoms with E-state index in [1.54, 1.807) is 13.2 Å². The van der Waals surface area contributed by atoms with E-state index in [-0.39, 0.29) is 6.04 Å². The van der Waals surface area contributed by atoms with Crippen molar-refractivity contribution in [3.05, 3.63) is 26.7 Å². The first kappa shape index (κ1) is 12.5. The third kappa shape index (κ3) is 2.32. The van der Waals surface area contributed by atoms with Gasteiger partial charge in [0, 0.05) is 10.6 Å². The van der Waals surface area contributed by atoms with Crippen LogP contribution in [0.5, 0.6) is 5.75 Å². The van der Waals surface area contributed by atoms with Crippen LogP contribution in [-0.4, -0.2) is 7.11 Å². The van der Waals surface area contributed by atoms with E-state index in [9.17, 15) is 0 Å². The molecule has 0 radical (unpaired) electrons. The second kappa shape index (κ2) is 4.94. The van der Waals surface area contributed by atoms with Gasteiger partial charge in [-0.1, -0.05) is 11.6 Å². The lowest BCUT2D eigenvalue weighted by Gasteiger charge is -2.15. The van der Waals surface area contributed by atoms with Crippen molar-refractivity contribution in [2.24, 2.45) is 5.11 Å². The monoisotopic (exact) mass is 290 g/mol. The summed E-state index contributed by atoms with van der Waals surface area (Å²) in [4.78, 5) is 0. The SMILES string of the molecule is COc1c(C(C)N=N)cc(Cl)c(C)c1Br. The molecule has 1 aromatic rings. The van der Waals surface area contributed by atoms with E-state index in [4.69, 9.17) is 21.9 Å². The van der Waals surface area contributed by atoms with Gasteiger partial charge in [0.05, 0.1) is 17.6 Å². The molecule has 0 aromatic heterocycles. The molecular formula is C10H12BrClN2O. The number of hydrogen-bond acceptors (Lipinski definition) is 3. The molecule has 1 N–H and O–H groups in total. The molecule has 0 amide bonds. The summed E-state index contributed by atoms with van der Waals surface area (Å²) in [5, 5.41) is 4.12. The minimum atomic E-state index is -0.255. The van der Waals surface area contributed by atoms with Crippen molar-refractivity contribution in [1.29, 1.82) is 5.53 Å². The number of hydrogen-bond donors (Lipinski definition) is 1. The Morgan fingerprint density at radius 3 is 2.67 bits per heavy atom. The molecule has 1 unspecified atom stereocenters. The summed E-state index contributed by atoms with van der Waals surface area (Å²) in [6.45, 7) is 3.73. The van der Waals surface area contributed by atoms with Crippen molar-refractivity contribution in [3.8, 4) is 5.75 Å². The molecule has 1 atom stereocenters. The summed E-state index contributed by atoms with van der Waals surface area (Å²) < 4.78 is 6.11. The van der Waals surface area contributed by atoms with Gasteiger partial charge in [-0.15, -0.1) is 0 Å². The largest absolute Gasteiger partial charge is 0.495 e. The van der Waals surface area contributed by atoms with Crippen molar-refractivity contribution < 1.29 is 4.74 Å². The van der Waals surface area contributed by atoms with Crippen LogP contribution in [0.2, 0.25) is 5.02 Å². The lowest BCUT2D eigenvalue weighted by molar-refractivity contribution is 0.403. The fourth-order valence-electron chi connectivity index (χ4n) is 1.30. The van der Waals surface area contributed by atoms with Crippen molar-refractivity contribution in [2.45, 2.75) is 19.9 Å². The normalized spacial score (nSPS) is 12.3. The van der Waals surface area contributed by atoms with E-state index < -0.39 is 0 Å². The first-order valence-corrected chi connectivity index (χ1v) is 5.59. The standard InChI is InChI=1S/C10H12BrClN2O/c1-5-8(12)4-7(6(2)14-13)10(15-3)9(5)11/h4,6,13H,1-3H3. The number of nitrogens with zero attached hydrogens (tertiary/aromatic N) is 1. The Labute approximate surface area is 102 Å². The van der Waals surface area contributed by atoms with Crippen LogP contribution in [0.1, 0.15) is 24.1 Å². The topological polar surface area (TPSA) is 45.4 Å². The van der Waals surface area contributed by atoms with Gasteiger partial charge in [-0.3, -0.25) is 0 Å². The lowest BCUT2D eigenvalue weighted by Crippen LogP contribution is -1.98. The van der Waals surface area contributed by atoms with Gasteiger partial charge in [-0.05, 0) is 41.4 Å². The quantitative estimate of drug-likeness (QED) is 0.818. The Balaban J connectivity index is 3.44. The predicted octanol–water partition coefficient (Wildman–Crippen LogP) is 4.51. The van der Waals surface area contributed by atoms with Crippen molar-refractivity contribution in [3.63, 3.8) is 0 Å². The van der Waals surface area contributed by atoms with Crippen LogP contribution in [0.25, 0.3) is 0 Å². The predicted molar refractivity (Wildman–Crippen MR) is 64.0 cm³/mol. The highest BCUT2D eigenvalue weighted by atomic mass is 79.9. The van der Waals surface area contributed by atoms with E-state index in [0.29, 0.717) is 10.8 Å². The molecule has 15 heavy (non-hydrogen) atoms. The van der Waals surface area contributed by atoms with Crippen molar-refractivity contribution in [1.82, 2.24) is 0 Å². The number of benzene rings is 1. The van der Waals surface area contributed by atoms with Crippen LogP contribution >= 0.6 is 27.5 Å². The van der Waals surface area contributed by atoms with Crippen LogP contribution in [0.3, 0.4) is 0 Å². The van der Waals surface area contributed by atoms with Gasteiger partial charge in [0.25, 0.3) is 0 Å². The van der Waals surface area contributed by atoms with Gasteiger partial charge in [-0.25, -0.2) is 5.53 Å². The molecule has 0 fully saturated rings. The van der Waals surface area contributed by atoms with E-state index in [2.05, 4.69) is 21.0 Å². The maximum Gasteiger partial charge on any atom is 0.138 e. The molecule has 0 aliphatic rings. The van der Waals surface area contributed by atoms with Gasteiger partial charge in [0.1, 0.15) is 5.75 Å². The molecule has 0 saturated carbocycles. The summed E-state index contributed by atoms with van der Waals surface area (Å²) in [5.41, 5.74) is 8.76. The molecule has 82 valence electrons.